The van der Waals surface area contributed by atoms with Gasteiger partial charge in [0.25, 0.3) is 10.2 Å². The van der Waals surface area contributed by atoms with Crippen LogP contribution in [0, 0.1) is 0 Å². The molecule has 1 aromatic carbocycles. The molecule has 0 aromatic heterocycles. The first-order valence-electron chi connectivity index (χ1n) is 7.64. The molecule has 3 N–H and O–H groups in total. The first-order valence-corrected chi connectivity index (χ1v) is 9.08. The minimum Gasteiger partial charge on any atom is -0.490 e. The van der Waals surface area contributed by atoms with Crippen LogP contribution in [0.15, 0.2) is 24.3 Å². The molecule has 1 atom stereocenters. The summed E-state index contributed by atoms with van der Waals surface area (Å²) in [7, 11) is 0.699. The molecule has 0 heterocycles. The molecule has 0 bridgehead atoms. The molecule has 0 radical (unpaired) electrons. The maximum atomic E-state index is 11.6. The zero-order valence-corrected chi connectivity index (χ0v) is 15.4. The molecule has 0 spiro atoms. The van der Waals surface area contributed by atoms with Gasteiger partial charge in [-0.25, -0.2) is 9.52 Å². The van der Waals surface area contributed by atoms with Gasteiger partial charge in [-0.3, -0.25) is 0 Å². The van der Waals surface area contributed by atoms with Crippen LogP contribution >= 0.6 is 0 Å². The average Bonchev–Trinajstić information content (AvgIpc) is 2.59. The number of aliphatic hydroxyl groups is 1. The van der Waals surface area contributed by atoms with Gasteiger partial charge < -0.3 is 19.9 Å². The highest BCUT2D eigenvalue weighted by atomic mass is 32.2. The lowest BCUT2D eigenvalue weighted by Gasteiger charge is -2.15. The van der Waals surface area contributed by atoms with E-state index in [2.05, 4.69) is 14.8 Å². The lowest BCUT2D eigenvalue weighted by atomic mass is 10.2. The van der Waals surface area contributed by atoms with Crippen LogP contribution < -0.4 is 14.8 Å². The molecule has 0 aliphatic heterocycles. The highest BCUT2D eigenvalue weighted by Gasteiger charge is 2.14. The molecule has 0 aliphatic carbocycles. The van der Waals surface area contributed by atoms with Gasteiger partial charge in [0.2, 0.25) is 0 Å². The number of carbonyl (C=O) groups excluding carboxylic acids is 1. The number of aliphatic hydroxyl groups excluding tert-OH is 1. The fourth-order valence-electron chi connectivity index (χ4n) is 1.78. The summed E-state index contributed by atoms with van der Waals surface area (Å²) < 4.78 is 36.5. The van der Waals surface area contributed by atoms with E-state index in [-0.39, 0.29) is 25.3 Å². The van der Waals surface area contributed by atoms with E-state index in [1.807, 2.05) is 0 Å². The number of carbonyl (C=O) groups is 1. The lowest BCUT2D eigenvalue weighted by molar-refractivity contribution is 0.0589. The van der Waals surface area contributed by atoms with E-state index in [0.717, 1.165) is 4.31 Å². The number of rotatable bonds is 11. The van der Waals surface area contributed by atoms with E-state index in [9.17, 15) is 18.3 Å². The molecule has 0 saturated carbocycles. The summed E-state index contributed by atoms with van der Waals surface area (Å²) in [6.07, 6.45) is -0.823. The van der Waals surface area contributed by atoms with Gasteiger partial charge >= 0.3 is 5.97 Å². The number of hydrogen-bond acceptors (Lipinski definition) is 7. The van der Waals surface area contributed by atoms with Gasteiger partial charge in [-0.05, 0) is 12.1 Å². The predicted octanol–water partition coefficient (Wildman–Crippen LogP) is -0.801. The first kappa shape index (κ1) is 21.3. The topological polar surface area (TPSA) is 117 Å². The predicted molar refractivity (Wildman–Crippen MR) is 92.8 cm³/mol. The zero-order valence-electron chi connectivity index (χ0n) is 14.6. The number of hydrogen-bond donors (Lipinski definition) is 3. The minimum atomic E-state index is -3.45. The van der Waals surface area contributed by atoms with E-state index in [1.54, 1.807) is 24.3 Å². The molecule has 0 aliphatic rings. The molecule has 142 valence electrons. The fourth-order valence-corrected chi connectivity index (χ4v) is 2.40. The molecule has 0 amide bonds. The highest BCUT2D eigenvalue weighted by Crippen LogP contribution is 2.18. The molecular weight excluding hydrogens is 350 g/mol. The van der Waals surface area contributed by atoms with Crippen molar-refractivity contribution in [1.82, 2.24) is 14.3 Å². The Hall–Kier alpha value is -1.72. The van der Waals surface area contributed by atoms with E-state index in [1.165, 1.54) is 21.2 Å². The second kappa shape index (κ2) is 10.3. The Kier molecular flexibility index (Phi) is 8.79. The summed E-state index contributed by atoms with van der Waals surface area (Å²) in [5.74, 6) is -0.191. The third-order valence-corrected chi connectivity index (χ3v) is 4.70. The molecule has 0 fully saturated rings. The quantitative estimate of drug-likeness (QED) is 0.342. The summed E-state index contributed by atoms with van der Waals surface area (Å²) in [6.45, 7) is 0.733. The van der Waals surface area contributed by atoms with Gasteiger partial charge in [-0.15, -0.1) is 0 Å². The van der Waals surface area contributed by atoms with Crippen LogP contribution in [-0.4, -0.2) is 77.3 Å². The Labute approximate surface area is 148 Å². The Morgan fingerprint density at radius 1 is 1.28 bits per heavy atom. The van der Waals surface area contributed by atoms with Gasteiger partial charge in [-0.2, -0.15) is 12.7 Å². The largest absolute Gasteiger partial charge is 0.490 e. The number of esters is 1. The zero-order chi connectivity index (χ0) is 18.9. The van der Waals surface area contributed by atoms with Gasteiger partial charge in [-0.1, -0.05) is 12.1 Å². The van der Waals surface area contributed by atoms with E-state index >= 15 is 0 Å². The molecule has 1 aromatic rings. The number of benzene rings is 1. The molecule has 25 heavy (non-hydrogen) atoms. The molecule has 1 unspecified atom stereocenters. The monoisotopic (exact) mass is 375 g/mol. The molecule has 10 heteroatoms. The van der Waals surface area contributed by atoms with Gasteiger partial charge in [0.05, 0.1) is 7.11 Å². The van der Waals surface area contributed by atoms with Gasteiger partial charge in [0, 0.05) is 33.7 Å². The summed E-state index contributed by atoms with van der Waals surface area (Å²) in [5.41, 5.74) is 0.281. The number of ether oxygens (including phenoxy) is 2. The van der Waals surface area contributed by atoms with Crippen molar-refractivity contribution in [3.8, 4) is 5.75 Å². The number of nitrogens with one attached hydrogen (secondary N) is 2. The van der Waals surface area contributed by atoms with Gasteiger partial charge in [0.15, 0.2) is 0 Å². The second-order valence-electron chi connectivity index (χ2n) is 5.34. The van der Waals surface area contributed by atoms with Crippen molar-refractivity contribution >= 4 is 16.2 Å². The standard InChI is InChI=1S/C15H25N3O6S/c1-18(2)25(21,22)17-9-8-16-10-12(19)11-24-14-7-5-4-6-13(14)15(20)23-3/h4-7,12,16-17,19H,8-11H2,1-3H3. The normalized spacial score (nSPS) is 12.8. The maximum Gasteiger partial charge on any atom is 0.341 e. The van der Waals surface area contributed by atoms with Crippen molar-refractivity contribution < 1.29 is 27.8 Å². The van der Waals surface area contributed by atoms with E-state index < -0.39 is 22.3 Å². The summed E-state index contributed by atoms with van der Waals surface area (Å²) >= 11 is 0. The van der Waals surface area contributed by atoms with Crippen molar-refractivity contribution in [1.29, 1.82) is 0 Å². The number of para-hydroxylation sites is 1. The average molecular weight is 375 g/mol. The van der Waals surface area contributed by atoms with Crippen LogP contribution in [0.3, 0.4) is 0 Å². The highest BCUT2D eigenvalue weighted by molar-refractivity contribution is 7.87. The van der Waals surface area contributed by atoms with E-state index in [4.69, 9.17) is 4.74 Å². The van der Waals surface area contributed by atoms with Gasteiger partial charge in [0.1, 0.15) is 24.0 Å². The van der Waals surface area contributed by atoms with Crippen LogP contribution in [-0.2, 0) is 14.9 Å². The molecule has 1 rings (SSSR count). The van der Waals surface area contributed by atoms with E-state index in [0.29, 0.717) is 12.3 Å². The Morgan fingerprint density at radius 2 is 1.96 bits per heavy atom. The van der Waals surface area contributed by atoms with Crippen molar-refractivity contribution in [2.75, 3.05) is 47.4 Å². The second-order valence-corrected chi connectivity index (χ2v) is 7.31. The van der Waals surface area contributed by atoms with Crippen molar-refractivity contribution in [3.05, 3.63) is 29.8 Å². The summed E-state index contributed by atoms with van der Waals surface area (Å²) in [6, 6.07) is 6.58. The van der Waals surface area contributed by atoms with Crippen LogP contribution in [0.5, 0.6) is 5.75 Å². The van der Waals surface area contributed by atoms with Crippen molar-refractivity contribution in [2.24, 2.45) is 0 Å². The van der Waals surface area contributed by atoms with Crippen LogP contribution in [0.25, 0.3) is 0 Å². The summed E-state index contributed by atoms with van der Waals surface area (Å²) in [5, 5.41) is 12.8. The smallest absolute Gasteiger partial charge is 0.341 e. The van der Waals surface area contributed by atoms with Crippen LogP contribution in [0.2, 0.25) is 0 Å². The third-order valence-electron chi connectivity index (χ3n) is 3.17. The Morgan fingerprint density at radius 3 is 2.60 bits per heavy atom. The van der Waals surface area contributed by atoms with Crippen molar-refractivity contribution in [2.45, 2.75) is 6.10 Å². The minimum absolute atomic E-state index is 0.0234. The summed E-state index contributed by atoms with van der Waals surface area (Å²) in [4.78, 5) is 11.6. The molecule has 9 nitrogen and oxygen atoms in total. The number of nitrogens with zero attached hydrogens (tertiary/aromatic N) is 1. The Bertz CT molecular complexity index is 650. The maximum absolute atomic E-state index is 11.6. The Balaban J connectivity index is 2.32. The van der Waals surface area contributed by atoms with Crippen molar-refractivity contribution in [3.63, 3.8) is 0 Å². The lowest BCUT2D eigenvalue weighted by Crippen LogP contribution is -2.41. The SMILES string of the molecule is COC(=O)c1ccccc1OCC(O)CNCCNS(=O)(=O)N(C)C. The molecular formula is C15H25N3O6S. The number of methoxy groups -OCH3 is 1. The van der Waals surface area contributed by atoms with Crippen LogP contribution in [0.4, 0.5) is 0 Å². The van der Waals surface area contributed by atoms with Crippen LogP contribution in [0.1, 0.15) is 10.4 Å². The first-order chi connectivity index (χ1) is 11.8. The fraction of sp³-hybridized carbons (Fsp3) is 0.533. The molecule has 0 saturated heterocycles. The third kappa shape index (κ3) is 7.36.